The topological polar surface area (TPSA) is 126 Å². The molecule has 42 heavy (non-hydrogen) atoms. The van der Waals surface area contributed by atoms with Crippen molar-refractivity contribution in [1.29, 1.82) is 0 Å². The van der Waals surface area contributed by atoms with Gasteiger partial charge in [-0.3, -0.25) is 9.59 Å². The number of carboxylic acid groups (broad SMARTS) is 2. The number of aliphatic carboxylic acids is 2. The van der Waals surface area contributed by atoms with Crippen molar-refractivity contribution in [2.45, 2.75) is 94.5 Å². The first-order valence-electron chi connectivity index (χ1n) is 14.5. The molecule has 8 nitrogen and oxygen atoms in total. The number of rotatable bonds is 15. The van der Waals surface area contributed by atoms with Crippen LogP contribution in [0.4, 0.5) is 4.39 Å². The Bertz CT molecular complexity index is 1450. The fourth-order valence-electron chi connectivity index (χ4n) is 5.34. The van der Waals surface area contributed by atoms with Gasteiger partial charge >= 0.3 is 11.9 Å². The lowest BCUT2D eigenvalue weighted by Gasteiger charge is -2.25. The van der Waals surface area contributed by atoms with Gasteiger partial charge in [0.05, 0.1) is 11.3 Å². The van der Waals surface area contributed by atoms with Gasteiger partial charge in [-0.15, -0.1) is 6.58 Å². The van der Waals surface area contributed by atoms with Gasteiger partial charge in [-0.25, -0.2) is 17.5 Å². The fourth-order valence-corrected chi connectivity index (χ4v) is 6.61. The lowest BCUT2D eigenvalue weighted by atomic mass is 9.92. The number of sulfonamides is 1. The number of aryl methyl sites for hydroxylation is 1. The van der Waals surface area contributed by atoms with Crippen molar-refractivity contribution in [1.82, 2.24) is 9.29 Å². The number of halogens is 1. The highest BCUT2D eigenvalue weighted by molar-refractivity contribution is 7.89. The Balaban J connectivity index is 0.000000316. The van der Waals surface area contributed by atoms with E-state index in [1.807, 2.05) is 34.9 Å². The second kappa shape index (κ2) is 16.2. The molecule has 0 bridgehead atoms. The van der Waals surface area contributed by atoms with Crippen LogP contribution >= 0.6 is 0 Å². The van der Waals surface area contributed by atoms with Crippen LogP contribution in [0.2, 0.25) is 0 Å². The second-order valence-corrected chi connectivity index (χ2v) is 12.3. The first kappa shape index (κ1) is 33.0. The number of nitrogens with one attached hydrogen (secondary N) is 1. The van der Waals surface area contributed by atoms with Gasteiger partial charge in [-0.1, -0.05) is 50.0 Å². The number of hydrogen-bond donors (Lipinski definition) is 3. The summed E-state index contributed by atoms with van der Waals surface area (Å²) in [7, 11) is -3.75. The summed E-state index contributed by atoms with van der Waals surface area (Å²) in [5.74, 6) is -2.01. The number of para-hydroxylation sites is 1. The van der Waals surface area contributed by atoms with Gasteiger partial charge in [0.2, 0.25) is 10.0 Å². The number of allylic oxidation sites excluding steroid dienone is 1. The van der Waals surface area contributed by atoms with E-state index < -0.39 is 27.8 Å². The molecule has 10 heteroatoms. The molecule has 1 aromatic heterocycles. The van der Waals surface area contributed by atoms with E-state index >= 15 is 0 Å². The van der Waals surface area contributed by atoms with Gasteiger partial charge in [0, 0.05) is 35.6 Å². The van der Waals surface area contributed by atoms with E-state index in [-0.39, 0.29) is 17.4 Å². The predicted octanol–water partition coefficient (Wildman–Crippen LogP) is 6.47. The molecule has 0 aliphatic heterocycles. The van der Waals surface area contributed by atoms with Crippen LogP contribution in [0.25, 0.3) is 10.9 Å². The SMILES string of the molecule is C=CCCCCCCCCC(=O)O.O=C(O)CCn1c2c(c3ccccc31)C[C@H](NS(=O)(=O)c1ccc(F)cc1)CC2. The molecule has 3 aromatic rings. The molecule has 0 unspecified atom stereocenters. The zero-order valence-corrected chi connectivity index (χ0v) is 24.8. The number of nitrogens with zero attached hydrogens (tertiary/aromatic N) is 1. The number of fused-ring (bicyclic) bond motifs is 3. The summed E-state index contributed by atoms with van der Waals surface area (Å²) in [5, 5.41) is 18.5. The highest BCUT2D eigenvalue weighted by Gasteiger charge is 2.28. The Kier molecular flexibility index (Phi) is 12.7. The molecule has 1 aliphatic carbocycles. The standard InChI is InChI=1S/C21H21FN2O4S.C11H20O2/c22-14-5-8-16(9-6-14)29(27,28)23-15-7-10-20-18(13-15)17-3-1-2-4-19(17)24(20)12-11-21(25)26;1-2-3-4-5-6-7-8-9-10-11(12)13/h1-6,8-9,15,23H,7,10-13H2,(H,25,26);2H,1,3-10H2,(H,12,13)/t15-;/m1./s1. The number of aromatic nitrogens is 1. The van der Waals surface area contributed by atoms with Crippen molar-refractivity contribution in [2.75, 3.05) is 0 Å². The Hall–Kier alpha value is -3.50. The molecular weight excluding hydrogens is 559 g/mol. The van der Waals surface area contributed by atoms with Gasteiger partial charge in [0.1, 0.15) is 5.82 Å². The van der Waals surface area contributed by atoms with Crippen molar-refractivity contribution in [3.05, 3.63) is 78.3 Å². The van der Waals surface area contributed by atoms with Crippen LogP contribution in [0.3, 0.4) is 0 Å². The molecule has 0 amide bonds. The highest BCUT2D eigenvalue weighted by atomic mass is 32.2. The first-order chi connectivity index (χ1) is 20.1. The largest absolute Gasteiger partial charge is 0.481 e. The maximum Gasteiger partial charge on any atom is 0.305 e. The van der Waals surface area contributed by atoms with Gasteiger partial charge in [0.15, 0.2) is 0 Å². The smallest absolute Gasteiger partial charge is 0.305 e. The predicted molar refractivity (Wildman–Crippen MR) is 161 cm³/mol. The van der Waals surface area contributed by atoms with E-state index in [0.717, 1.165) is 53.6 Å². The third-order valence-corrected chi connectivity index (χ3v) is 8.95. The van der Waals surface area contributed by atoms with E-state index in [9.17, 15) is 22.4 Å². The molecule has 0 radical (unpaired) electrons. The minimum absolute atomic E-state index is 0.0335. The second-order valence-electron chi connectivity index (χ2n) is 10.6. The van der Waals surface area contributed by atoms with Crippen LogP contribution in [-0.2, 0) is 39.0 Å². The fraction of sp³-hybridized carbons (Fsp3) is 0.438. The molecule has 0 saturated heterocycles. The van der Waals surface area contributed by atoms with Crippen LogP contribution in [0.15, 0.2) is 66.1 Å². The van der Waals surface area contributed by atoms with E-state index in [0.29, 0.717) is 32.2 Å². The molecule has 1 heterocycles. The molecule has 228 valence electrons. The van der Waals surface area contributed by atoms with Crippen LogP contribution in [0, 0.1) is 5.82 Å². The summed E-state index contributed by atoms with van der Waals surface area (Å²) in [6, 6.07) is 12.3. The molecule has 4 rings (SSSR count). The monoisotopic (exact) mass is 600 g/mol. The minimum atomic E-state index is -3.75. The molecule has 1 atom stereocenters. The van der Waals surface area contributed by atoms with Crippen molar-refractivity contribution < 1.29 is 32.6 Å². The zero-order chi connectivity index (χ0) is 30.5. The van der Waals surface area contributed by atoms with E-state index in [1.165, 1.54) is 37.8 Å². The van der Waals surface area contributed by atoms with Crippen molar-refractivity contribution >= 4 is 32.9 Å². The third kappa shape index (κ3) is 9.80. The normalized spacial score (nSPS) is 14.5. The van der Waals surface area contributed by atoms with E-state index in [2.05, 4.69) is 11.3 Å². The summed E-state index contributed by atoms with van der Waals surface area (Å²) < 4.78 is 43.2. The molecular formula is C32H41FN2O6S. The highest BCUT2D eigenvalue weighted by Crippen LogP contribution is 2.33. The van der Waals surface area contributed by atoms with Gasteiger partial charge < -0.3 is 14.8 Å². The van der Waals surface area contributed by atoms with Gasteiger partial charge in [-0.05, 0) is 74.4 Å². The molecule has 3 N–H and O–H groups in total. The molecule has 0 fully saturated rings. The van der Waals surface area contributed by atoms with Crippen LogP contribution < -0.4 is 4.72 Å². The average Bonchev–Trinajstić information content (AvgIpc) is 3.26. The molecule has 0 saturated carbocycles. The lowest BCUT2D eigenvalue weighted by Crippen LogP contribution is -2.39. The number of carboxylic acids is 2. The minimum Gasteiger partial charge on any atom is -0.481 e. The quantitative estimate of drug-likeness (QED) is 0.136. The summed E-state index contributed by atoms with van der Waals surface area (Å²) in [6.45, 7) is 4.05. The Morgan fingerprint density at radius 2 is 1.60 bits per heavy atom. The summed E-state index contributed by atoms with van der Waals surface area (Å²) in [6.07, 6.45) is 12.0. The molecule has 1 aliphatic rings. The van der Waals surface area contributed by atoms with Gasteiger partial charge in [0.25, 0.3) is 0 Å². The van der Waals surface area contributed by atoms with Gasteiger partial charge in [-0.2, -0.15) is 0 Å². The number of benzene rings is 2. The number of carbonyl (C=O) groups is 2. The summed E-state index contributed by atoms with van der Waals surface area (Å²) in [4.78, 5) is 21.2. The summed E-state index contributed by atoms with van der Waals surface area (Å²) >= 11 is 0. The molecule has 0 spiro atoms. The zero-order valence-electron chi connectivity index (χ0n) is 23.9. The Morgan fingerprint density at radius 3 is 2.26 bits per heavy atom. The molecule has 2 aromatic carbocycles. The maximum atomic E-state index is 13.1. The Morgan fingerprint density at radius 1 is 0.952 bits per heavy atom. The lowest BCUT2D eigenvalue weighted by molar-refractivity contribution is -0.138. The van der Waals surface area contributed by atoms with Crippen molar-refractivity contribution in [3.8, 4) is 0 Å². The van der Waals surface area contributed by atoms with E-state index in [1.54, 1.807) is 0 Å². The van der Waals surface area contributed by atoms with Crippen LogP contribution in [-0.4, -0.2) is 41.2 Å². The number of unbranched alkanes of at least 4 members (excludes halogenated alkanes) is 6. The Labute approximate surface area is 247 Å². The summed E-state index contributed by atoms with van der Waals surface area (Å²) in [5.41, 5.74) is 3.11. The van der Waals surface area contributed by atoms with Crippen LogP contribution in [0.1, 0.15) is 75.5 Å². The van der Waals surface area contributed by atoms with Crippen molar-refractivity contribution in [3.63, 3.8) is 0 Å². The van der Waals surface area contributed by atoms with Crippen LogP contribution in [0.5, 0.6) is 0 Å². The third-order valence-electron chi connectivity index (χ3n) is 7.42. The average molecular weight is 601 g/mol. The van der Waals surface area contributed by atoms with E-state index in [4.69, 9.17) is 10.2 Å². The first-order valence-corrected chi connectivity index (χ1v) is 16.0. The number of hydrogen-bond acceptors (Lipinski definition) is 4. The maximum absolute atomic E-state index is 13.1. The van der Waals surface area contributed by atoms with Crippen molar-refractivity contribution in [2.24, 2.45) is 0 Å².